The second-order valence-corrected chi connectivity index (χ2v) is 7.68. The summed E-state index contributed by atoms with van der Waals surface area (Å²) >= 11 is 4.85. The van der Waals surface area contributed by atoms with Crippen molar-refractivity contribution in [2.75, 3.05) is 20.1 Å². The maximum absolute atomic E-state index is 12.6. The number of rotatable bonds is 1. The molecule has 2 amide bonds. The first-order chi connectivity index (χ1) is 8.75. The minimum Gasteiger partial charge on any atom is -0.342 e. The lowest BCUT2D eigenvalue weighted by Crippen LogP contribution is -2.63. The molecule has 19 heavy (non-hydrogen) atoms. The molecule has 1 aromatic rings. The summed E-state index contributed by atoms with van der Waals surface area (Å²) in [5.41, 5.74) is 0.265. The summed E-state index contributed by atoms with van der Waals surface area (Å²) in [6.07, 6.45) is 0. The second kappa shape index (κ2) is 4.90. The van der Waals surface area contributed by atoms with Gasteiger partial charge in [-0.25, -0.2) is 0 Å². The Kier molecular flexibility index (Phi) is 3.75. The standard InChI is InChI=1S/C13H17BrN2O2S/c1-8-7-9(19-10(8)14)11(17)16-6-5-15(4)12(18)13(16,2)3/h7H,5-6H2,1-4H3. The van der Waals surface area contributed by atoms with Gasteiger partial charge in [-0.3, -0.25) is 9.59 Å². The van der Waals surface area contributed by atoms with Crippen LogP contribution in [0, 0.1) is 6.92 Å². The molecule has 4 nitrogen and oxygen atoms in total. The minimum atomic E-state index is -0.783. The number of piperazine rings is 1. The van der Waals surface area contributed by atoms with Crippen molar-refractivity contribution in [3.8, 4) is 0 Å². The first-order valence-electron chi connectivity index (χ1n) is 6.08. The van der Waals surface area contributed by atoms with Gasteiger partial charge in [0, 0.05) is 20.1 Å². The Morgan fingerprint density at radius 2 is 2.05 bits per heavy atom. The van der Waals surface area contributed by atoms with E-state index in [1.807, 2.05) is 13.0 Å². The van der Waals surface area contributed by atoms with E-state index in [4.69, 9.17) is 0 Å². The Labute approximate surface area is 125 Å². The van der Waals surface area contributed by atoms with Crippen molar-refractivity contribution in [1.29, 1.82) is 0 Å². The molecule has 0 saturated carbocycles. The lowest BCUT2D eigenvalue weighted by Gasteiger charge is -2.44. The van der Waals surface area contributed by atoms with Crippen molar-refractivity contribution in [1.82, 2.24) is 9.80 Å². The van der Waals surface area contributed by atoms with Crippen LogP contribution in [0.15, 0.2) is 9.85 Å². The molecule has 2 heterocycles. The molecular formula is C13H17BrN2O2S. The monoisotopic (exact) mass is 344 g/mol. The molecule has 0 aromatic carbocycles. The van der Waals surface area contributed by atoms with Crippen molar-refractivity contribution in [2.24, 2.45) is 0 Å². The number of carbonyl (C=O) groups is 2. The Balaban J connectivity index is 2.31. The molecule has 104 valence electrons. The summed E-state index contributed by atoms with van der Waals surface area (Å²) in [5.74, 6) is -0.0790. The fourth-order valence-electron chi connectivity index (χ4n) is 2.27. The molecular weight excluding hydrogens is 328 g/mol. The third-order valence-corrected chi connectivity index (χ3v) is 5.64. The van der Waals surface area contributed by atoms with Gasteiger partial charge in [0.25, 0.3) is 5.91 Å². The zero-order valence-corrected chi connectivity index (χ0v) is 13.9. The van der Waals surface area contributed by atoms with Gasteiger partial charge in [-0.15, -0.1) is 11.3 Å². The lowest BCUT2D eigenvalue weighted by atomic mass is 9.97. The first kappa shape index (κ1) is 14.5. The molecule has 1 aliphatic rings. The van der Waals surface area contributed by atoms with Crippen LogP contribution in [0.25, 0.3) is 0 Å². The number of thiophene rings is 1. The number of nitrogens with zero attached hydrogens (tertiary/aromatic N) is 2. The largest absolute Gasteiger partial charge is 0.342 e. The molecule has 6 heteroatoms. The summed E-state index contributed by atoms with van der Waals surface area (Å²) in [5, 5.41) is 0. The van der Waals surface area contributed by atoms with Crippen LogP contribution >= 0.6 is 27.3 Å². The number of amides is 2. The molecule has 1 aliphatic heterocycles. The summed E-state index contributed by atoms with van der Waals surface area (Å²) in [6.45, 7) is 6.72. The highest BCUT2D eigenvalue weighted by atomic mass is 79.9. The van der Waals surface area contributed by atoms with Crippen LogP contribution < -0.4 is 0 Å². The first-order valence-corrected chi connectivity index (χ1v) is 7.69. The number of aryl methyl sites for hydroxylation is 1. The maximum atomic E-state index is 12.6. The summed E-state index contributed by atoms with van der Waals surface area (Å²) in [7, 11) is 1.78. The maximum Gasteiger partial charge on any atom is 0.264 e. The topological polar surface area (TPSA) is 40.6 Å². The van der Waals surface area contributed by atoms with Gasteiger partial charge in [0.05, 0.1) is 8.66 Å². The van der Waals surface area contributed by atoms with E-state index in [-0.39, 0.29) is 11.8 Å². The van der Waals surface area contributed by atoms with E-state index in [1.54, 1.807) is 30.7 Å². The van der Waals surface area contributed by atoms with Crippen molar-refractivity contribution in [2.45, 2.75) is 26.3 Å². The van der Waals surface area contributed by atoms with Gasteiger partial charge < -0.3 is 9.80 Å². The predicted octanol–water partition coefficient (Wildman–Crippen LogP) is 2.51. The molecule has 0 aliphatic carbocycles. The van der Waals surface area contributed by atoms with Crippen molar-refractivity contribution in [3.63, 3.8) is 0 Å². The van der Waals surface area contributed by atoms with Gasteiger partial charge in [-0.05, 0) is 48.3 Å². The molecule has 0 bridgehead atoms. The second-order valence-electron chi connectivity index (χ2n) is 5.31. The summed E-state index contributed by atoms with van der Waals surface area (Å²) in [4.78, 5) is 28.8. The van der Waals surface area contributed by atoms with Gasteiger partial charge >= 0.3 is 0 Å². The fraction of sp³-hybridized carbons (Fsp3) is 0.538. The Morgan fingerprint density at radius 1 is 1.42 bits per heavy atom. The highest BCUT2D eigenvalue weighted by Gasteiger charge is 2.43. The normalized spacial score (nSPS) is 18.9. The number of hydrogen-bond acceptors (Lipinski definition) is 3. The fourth-order valence-corrected chi connectivity index (χ4v) is 3.75. The molecule has 1 fully saturated rings. The molecule has 0 N–H and O–H groups in total. The summed E-state index contributed by atoms with van der Waals surface area (Å²) in [6, 6.07) is 1.87. The Bertz CT molecular complexity index is 519. The number of hydrogen-bond donors (Lipinski definition) is 0. The average Bonchev–Trinajstić information content (AvgIpc) is 2.66. The van der Waals surface area contributed by atoms with Crippen LogP contribution in [0.5, 0.6) is 0 Å². The van der Waals surface area contributed by atoms with Crippen molar-refractivity contribution in [3.05, 3.63) is 20.3 Å². The predicted molar refractivity (Wildman–Crippen MR) is 79.5 cm³/mol. The van der Waals surface area contributed by atoms with Crippen molar-refractivity contribution < 1.29 is 9.59 Å². The molecule has 0 atom stereocenters. The Morgan fingerprint density at radius 3 is 2.58 bits per heavy atom. The van der Waals surface area contributed by atoms with Gasteiger partial charge in [0.1, 0.15) is 5.54 Å². The third-order valence-electron chi connectivity index (χ3n) is 3.52. The third kappa shape index (κ3) is 2.43. The smallest absolute Gasteiger partial charge is 0.264 e. The molecule has 0 radical (unpaired) electrons. The zero-order chi connectivity index (χ0) is 14.4. The van der Waals surface area contributed by atoms with E-state index >= 15 is 0 Å². The van der Waals surface area contributed by atoms with Crippen LogP contribution in [0.3, 0.4) is 0 Å². The van der Waals surface area contributed by atoms with Crippen LogP contribution in [-0.2, 0) is 4.79 Å². The molecule has 0 spiro atoms. The van der Waals surface area contributed by atoms with E-state index in [9.17, 15) is 9.59 Å². The number of carbonyl (C=O) groups excluding carboxylic acids is 2. The van der Waals surface area contributed by atoms with E-state index in [1.165, 1.54) is 11.3 Å². The summed E-state index contributed by atoms with van der Waals surface area (Å²) < 4.78 is 0.967. The number of likely N-dealkylation sites (N-methyl/N-ethyl adjacent to an activating group) is 1. The minimum absolute atomic E-state index is 0.0144. The van der Waals surface area contributed by atoms with Crippen LogP contribution in [-0.4, -0.2) is 47.3 Å². The molecule has 1 saturated heterocycles. The highest BCUT2D eigenvalue weighted by Crippen LogP contribution is 2.31. The molecule has 1 aromatic heterocycles. The van der Waals surface area contributed by atoms with E-state index in [0.29, 0.717) is 18.0 Å². The Hall–Kier alpha value is -0.880. The van der Waals surface area contributed by atoms with E-state index < -0.39 is 5.54 Å². The zero-order valence-electron chi connectivity index (χ0n) is 11.5. The highest BCUT2D eigenvalue weighted by molar-refractivity contribution is 9.11. The van der Waals surface area contributed by atoms with Crippen LogP contribution in [0.1, 0.15) is 29.1 Å². The lowest BCUT2D eigenvalue weighted by molar-refractivity contribution is -0.144. The van der Waals surface area contributed by atoms with Crippen molar-refractivity contribution >= 4 is 39.1 Å². The van der Waals surface area contributed by atoms with E-state index in [0.717, 1.165) is 9.35 Å². The van der Waals surface area contributed by atoms with Gasteiger partial charge in [0.2, 0.25) is 5.91 Å². The van der Waals surface area contributed by atoms with Crippen LogP contribution in [0.2, 0.25) is 0 Å². The van der Waals surface area contributed by atoms with Crippen LogP contribution in [0.4, 0.5) is 0 Å². The number of halogens is 1. The van der Waals surface area contributed by atoms with Gasteiger partial charge in [-0.1, -0.05) is 0 Å². The van der Waals surface area contributed by atoms with Gasteiger partial charge in [-0.2, -0.15) is 0 Å². The van der Waals surface area contributed by atoms with Gasteiger partial charge in [0.15, 0.2) is 0 Å². The average molecular weight is 345 g/mol. The molecule has 0 unspecified atom stereocenters. The van der Waals surface area contributed by atoms with E-state index in [2.05, 4.69) is 15.9 Å². The molecule has 2 rings (SSSR count). The SMILES string of the molecule is Cc1cc(C(=O)N2CCN(C)C(=O)C2(C)C)sc1Br. The quantitative estimate of drug-likeness (QED) is 0.785.